The van der Waals surface area contributed by atoms with Crippen molar-refractivity contribution in [2.24, 2.45) is 11.8 Å². The number of nitro groups is 1. The number of rotatable bonds is 15. The van der Waals surface area contributed by atoms with Crippen LogP contribution in [0.1, 0.15) is 37.0 Å². The van der Waals surface area contributed by atoms with Gasteiger partial charge in [0, 0.05) is 25.2 Å². The number of ether oxygens (including phenoxy) is 4. The predicted molar refractivity (Wildman–Crippen MR) is 179 cm³/mol. The maximum atomic E-state index is 13.7. The lowest BCUT2D eigenvalue weighted by Gasteiger charge is -2.31. The van der Waals surface area contributed by atoms with Crippen LogP contribution in [0.15, 0.2) is 77.7 Å². The quantitative estimate of drug-likeness (QED) is 0.170. The van der Waals surface area contributed by atoms with Gasteiger partial charge in [-0.1, -0.05) is 38.1 Å². The van der Waals surface area contributed by atoms with E-state index in [4.69, 9.17) is 24.2 Å². The second-order valence-electron chi connectivity index (χ2n) is 12.7. The first-order chi connectivity index (χ1) is 23.9. The van der Waals surface area contributed by atoms with Gasteiger partial charge in [-0.05, 0) is 66.3 Å². The van der Waals surface area contributed by atoms with Crippen LogP contribution >= 0.6 is 0 Å². The number of hydrogen-bond donors (Lipinski definition) is 2. The molecule has 2 N–H and O–H groups in total. The van der Waals surface area contributed by atoms with E-state index in [0.717, 1.165) is 39.7 Å². The zero-order valence-electron chi connectivity index (χ0n) is 27.7. The number of carbonyl (C=O) groups excluding carboxylic acids is 1. The van der Waals surface area contributed by atoms with E-state index in [1.165, 1.54) is 0 Å². The van der Waals surface area contributed by atoms with Crippen molar-refractivity contribution in [2.75, 3.05) is 26.3 Å². The van der Waals surface area contributed by atoms with Crippen molar-refractivity contribution in [3.8, 4) is 11.8 Å². The Labute approximate surface area is 290 Å². The standard InChI is InChI=1S/C35H40N4O10S/c1-23(2)19-38(50(44,45)29-12-8-27(9-13-29)39(42)43)20-32(40)31(37-35(41)49-33-22-48-34-30(33)14-15-46-34)17-24-6-10-28(11-7-24)47-21-26-5-3-4-25(16-26)18-36/h3-13,16,23,30-34,40H,14-15,17,19-22H2,1-2H3,(H,37,41)/t30-,31-,32+,33+,34+/m0/s1. The van der Waals surface area contributed by atoms with E-state index in [1.54, 1.807) is 42.5 Å². The Kier molecular flexibility index (Phi) is 12.0. The minimum Gasteiger partial charge on any atom is -0.489 e. The van der Waals surface area contributed by atoms with E-state index in [9.17, 15) is 28.4 Å². The topological polar surface area (TPSA) is 191 Å². The molecule has 2 aliphatic rings. The molecule has 0 bridgehead atoms. The lowest BCUT2D eigenvalue weighted by atomic mass is 10.0. The summed E-state index contributed by atoms with van der Waals surface area (Å²) in [5.41, 5.74) is 1.82. The first-order valence-electron chi connectivity index (χ1n) is 16.3. The third-order valence-electron chi connectivity index (χ3n) is 8.50. The van der Waals surface area contributed by atoms with Gasteiger partial charge in [0.05, 0.1) is 52.7 Å². The number of aliphatic hydroxyl groups is 1. The van der Waals surface area contributed by atoms with Crippen LogP contribution < -0.4 is 10.1 Å². The summed E-state index contributed by atoms with van der Waals surface area (Å²) in [5.74, 6) is 0.324. The molecule has 50 heavy (non-hydrogen) atoms. The Balaban J connectivity index is 1.32. The molecule has 0 spiro atoms. The van der Waals surface area contributed by atoms with E-state index in [1.807, 2.05) is 19.9 Å². The molecule has 3 aromatic carbocycles. The van der Waals surface area contributed by atoms with Crippen molar-refractivity contribution in [2.45, 2.75) is 62.7 Å². The third-order valence-corrected chi connectivity index (χ3v) is 10.3. The smallest absolute Gasteiger partial charge is 0.407 e. The number of amides is 1. The second kappa shape index (κ2) is 16.4. The fourth-order valence-corrected chi connectivity index (χ4v) is 7.55. The van der Waals surface area contributed by atoms with Crippen LogP contribution in [0.2, 0.25) is 0 Å². The summed E-state index contributed by atoms with van der Waals surface area (Å²) in [5, 5.41) is 34.6. The molecule has 0 radical (unpaired) electrons. The highest BCUT2D eigenvalue weighted by molar-refractivity contribution is 7.89. The zero-order valence-corrected chi connectivity index (χ0v) is 28.5. The number of nitrogens with zero attached hydrogens (tertiary/aromatic N) is 3. The monoisotopic (exact) mass is 708 g/mol. The van der Waals surface area contributed by atoms with Gasteiger partial charge in [-0.2, -0.15) is 9.57 Å². The molecule has 0 aromatic heterocycles. The Bertz CT molecular complexity index is 1780. The molecule has 1 amide bonds. The number of fused-ring (bicyclic) bond motifs is 1. The second-order valence-corrected chi connectivity index (χ2v) is 14.6. The summed E-state index contributed by atoms with van der Waals surface area (Å²) < 4.78 is 51.3. The molecule has 3 aromatic rings. The van der Waals surface area contributed by atoms with Gasteiger partial charge in [0.1, 0.15) is 18.5 Å². The number of alkyl carbamates (subject to hydrolysis) is 1. The fourth-order valence-electron chi connectivity index (χ4n) is 5.93. The Morgan fingerprint density at radius 1 is 1.10 bits per heavy atom. The van der Waals surface area contributed by atoms with Crippen LogP contribution in [0.5, 0.6) is 5.75 Å². The summed E-state index contributed by atoms with van der Waals surface area (Å²) >= 11 is 0. The Morgan fingerprint density at radius 3 is 2.52 bits per heavy atom. The van der Waals surface area contributed by atoms with Gasteiger partial charge in [-0.25, -0.2) is 13.2 Å². The molecule has 0 aliphatic carbocycles. The summed E-state index contributed by atoms with van der Waals surface area (Å²) in [7, 11) is -4.19. The van der Waals surface area contributed by atoms with Gasteiger partial charge in [0.15, 0.2) is 6.29 Å². The van der Waals surface area contributed by atoms with Gasteiger partial charge in [-0.15, -0.1) is 0 Å². The molecule has 0 unspecified atom stereocenters. The number of aliphatic hydroxyl groups excluding tert-OH is 1. The Morgan fingerprint density at radius 2 is 1.84 bits per heavy atom. The molecule has 5 rings (SSSR count). The highest BCUT2D eigenvalue weighted by Gasteiger charge is 2.44. The van der Waals surface area contributed by atoms with Crippen molar-refractivity contribution in [3.05, 3.63) is 99.6 Å². The number of benzene rings is 3. The largest absolute Gasteiger partial charge is 0.489 e. The highest BCUT2D eigenvalue weighted by Crippen LogP contribution is 2.33. The number of nitrogens with one attached hydrogen (secondary N) is 1. The first kappa shape index (κ1) is 36.7. The lowest BCUT2D eigenvalue weighted by Crippen LogP contribution is -2.51. The molecule has 2 aliphatic heterocycles. The molecule has 2 fully saturated rings. The van der Waals surface area contributed by atoms with E-state index < -0.39 is 45.6 Å². The van der Waals surface area contributed by atoms with Gasteiger partial charge >= 0.3 is 6.09 Å². The molecule has 2 heterocycles. The summed E-state index contributed by atoms with van der Waals surface area (Å²) in [6.07, 6.45) is -2.35. The van der Waals surface area contributed by atoms with Crippen molar-refractivity contribution in [1.29, 1.82) is 5.26 Å². The number of nitro benzene ring substituents is 1. The van der Waals surface area contributed by atoms with Crippen molar-refractivity contribution < 1.29 is 42.2 Å². The van der Waals surface area contributed by atoms with Crippen LogP contribution in [0.3, 0.4) is 0 Å². The molecule has 2 saturated heterocycles. The number of carbonyl (C=O) groups is 1. The Hall–Kier alpha value is -4.59. The zero-order chi connectivity index (χ0) is 35.8. The molecule has 5 atom stereocenters. The molecule has 266 valence electrons. The van der Waals surface area contributed by atoms with Gasteiger partial charge in [0.25, 0.3) is 5.69 Å². The van der Waals surface area contributed by atoms with Gasteiger partial charge in [0.2, 0.25) is 10.0 Å². The maximum absolute atomic E-state index is 13.7. The lowest BCUT2D eigenvalue weighted by molar-refractivity contribution is -0.384. The van der Waals surface area contributed by atoms with E-state index in [2.05, 4.69) is 11.4 Å². The summed E-state index contributed by atoms with van der Waals surface area (Å²) in [6, 6.07) is 19.8. The van der Waals surface area contributed by atoms with Gasteiger partial charge < -0.3 is 29.4 Å². The van der Waals surface area contributed by atoms with Gasteiger partial charge in [-0.3, -0.25) is 10.1 Å². The normalized spacial score (nSPS) is 19.8. The van der Waals surface area contributed by atoms with E-state index in [0.29, 0.717) is 24.3 Å². The van der Waals surface area contributed by atoms with Crippen LogP contribution in [-0.4, -0.2) is 79.7 Å². The number of hydrogen-bond acceptors (Lipinski definition) is 11. The minimum atomic E-state index is -4.19. The minimum absolute atomic E-state index is 0.0410. The number of nitriles is 1. The van der Waals surface area contributed by atoms with E-state index >= 15 is 0 Å². The van der Waals surface area contributed by atoms with Crippen LogP contribution in [-0.2, 0) is 37.3 Å². The van der Waals surface area contributed by atoms with Crippen molar-refractivity contribution in [3.63, 3.8) is 0 Å². The average Bonchev–Trinajstić information content (AvgIpc) is 3.72. The molecular formula is C35H40N4O10S. The van der Waals surface area contributed by atoms with Crippen LogP contribution in [0.25, 0.3) is 0 Å². The molecular weight excluding hydrogens is 668 g/mol. The molecule has 14 nitrogen and oxygen atoms in total. The van der Waals surface area contributed by atoms with Crippen molar-refractivity contribution in [1.82, 2.24) is 9.62 Å². The number of non-ortho nitro benzene ring substituents is 1. The fraction of sp³-hybridized carbons (Fsp3) is 0.429. The molecule has 0 saturated carbocycles. The third kappa shape index (κ3) is 9.34. The first-order valence-corrected chi connectivity index (χ1v) is 17.7. The average molecular weight is 709 g/mol. The predicted octanol–water partition coefficient (Wildman–Crippen LogP) is 4.15. The van der Waals surface area contributed by atoms with Crippen LogP contribution in [0.4, 0.5) is 10.5 Å². The number of sulfonamides is 1. The summed E-state index contributed by atoms with van der Waals surface area (Å²) in [6.45, 7) is 4.23. The SMILES string of the molecule is CC(C)CN(C[C@@H](O)[C@H](Cc1ccc(OCc2cccc(C#N)c2)cc1)NC(=O)O[C@@H]1CO[C@H]2OCC[C@H]21)S(=O)(=O)c1ccc([N+](=O)[O-])cc1. The van der Waals surface area contributed by atoms with E-state index in [-0.39, 0.29) is 55.1 Å². The summed E-state index contributed by atoms with van der Waals surface area (Å²) in [4.78, 5) is 23.6. The maximum Gasteiger partial charge on any atom is 0.407 e. The van der Waals surface area contributed by atoms with Crippen molar-refractivity contribution >= 4 is 21.8 Å². The highest BCUT2D eigenvalue weighted by atomic mass is 32.2. The van der Waals surface area contributed by atoms with Crippen LogP contribution in [0, 0.1) is 33.3 Å². The molecule has 15 heteroatoms.